The number of anilines is 4. The number of aromatic nitrogens is 6. The van der Waals surface area contributed by atoms with Crippen molar-refractivity contribution in [2.75, 3.05) is 21.3 Å². The number of carbonyl (C=O) groups is 4. The van der Waals surface area contributed by atoms with E-state index in [9.17, 15) is 19.2 Å². The molecular formula is C40H36N10O4. The second kappa shape index (κ2) is 18.1. The second-order valence-corrected chi connectivity index (χ2v) is 11.7. The summed E-state index contributed by atoms with van der Waals surface area (Å²) in [5.74, 6) is 0.867. The molecule has 0 unspecified atom stereocenters. The molecule has 0 aliphatic rings. The van der Waals surface area contributed by atoms with Gasteiger partial charge in [0.2, 0.25) is 23.6 Å². The molecule has 0 fully saturated rings. The fourth-order valence-electron chi connectivity index (χ4n) is 4.71. The Morgan fingerprint density at radius 2 is 0.593 bits per heavy atom. The summed E-state index contributed by atoms with van der Waals surface area (Å²) in [5, 5.41) is 10.6. The van der Waals surface area contributed by atoms with Crippen LogP contribution in [-0.2, 0) is 19.2 Å². The van der Waals surface area contributed by atoms with Crippen molar-refractivity contribution in [3.05, 3.63) is 118 Å². The van der Waals surface area contributed by atoms with Crippen LogP contribution in [0.25, 0.3) is 48.6 Å². The summed E-state index contributed by atoms with van der Waals surface area (Å²) < 4.78 is 0. The van der Waals surface area contributed by atoms with Crippen molar-refractivity contribution in [1.82, 2.24) is 29.9 Å². The van der Waals surface area contributed by atoms with Crippen molar-refractivity contribution in [2.45, 2.75) is 27.7 Å². The number of hydrogen-bond donors (Lipinski definition) is 4. The highest BCUT2D eigenvalue weighted by molar-refractivity contribution is 5.90. The van der Waals surface area contributed by atoms with E-state index in [1.54, 1.807) is 49.1 Å². The van der Waals surface area contributed by atoms with Crippen LogP contribution in [0.1, 0.15) is 72.7 Å². The predicted molar refractivity (Wildman–Crippen MR) is 212 cm³/mol. The zero-order valence-corrected chi connectivity index (χ0v) is 29.9. The Morgan fingerprint density at radius 3 is 0.759 bits per heavy atom. The summed E-state index contributed by atoms with van der Waals surface area (Å²) in [6, 6.07) is 14.1. The maximum atomic E-state index is 11.4. The van der Waals surface area contributed by atoms with E-state index in [0.29, 0.717) is 46.0 Å². The molecule has 4 N–H and O–H groups in total. The summed E-state index contributed by atoms with van der Waals surface area (Å²) in [6.45, 7) is 5.67. The number of rotatable bonds is 12. The molecule has 5 aromatic rings. The molecular weight excluding hydrogens is 685 g/mol. The molecule has 0 saturated carbocycles. The van der Waals surface area contributed by atoms with Crippen LogP contribution in [0.3, 0.4) is 0 Å². The quantitative estimate of drug-likeness (QED) is 0.109. The Hall–Kier alpha value is -7.48. The maximum Gasteiger partial charge on any atom is 0.222 e. The van der Waals surface area contributed by atoms with Crippen LogP contribution in [0.2, 0.25) is 0 Å². The summed E-state index contributed by atoms with van der Waals surface area (Å²) in [5.41, 5.74) is 5.21. The van der Waals surface area contributed by atoms with Crippen LogP contribution in [0.4, 0.5) is 23.3 Å². The minimum atomic E-state index is -0.218. The van der Waals surface area contributed by atoms with E-state index in [2.05, 4.69) is 41.2 Å². The highest BCUT2D eigenvalue weighted by atomic mass is 16.2. The topological polar surface area (TPSA) is 194 Å². The first-order valence-electron chi connectivity index (χ1n) is 16.6. The summed E-state index contributed by atoms with van der Waals surface area (Å²) >= 11 is 0. The number of pyridine rings is 4. The minimum absolute atomic E-state index is 0.218. The molecule has 0 aliphatic carbocycles. The largest absolute Gasteiger partial charge is 0.311 e. The van der Waals surface area contributed by atoms with E-state index in [1.807, 2.05) is 72.9 Å². The monoisotopic (exact) mass is 720 g/mol. The van der Waals surface area contributed by atoms with Crippen LogP contribution in [0.15, 0.2) is 73.3 Å². The average molecular weight is 721 g/mol. The third-order valence-corrected chi connectivity index (χ3v) is 7.10. The minimum Gasteiger partial charge on any atom is -0.311 e. The first-order chi connectivity index (χ1) is 26.0. The third kappa shape index (κ3) is 11.8. The molecule has 14 heteroatoms. The Kier molecular flexibility index (Phi) is 12.7. The van der Waals surface area contributed by atoms with Gasteiger partial charge in [-0.1, -0.05) is 24.3 Å². The van der Waals surface area contributed by atoms with Crippen molar-refractivity contribution >= 4 is 95.5 Å². The molecule has 0 saturated heterocycles. The number of carbonyl (C=O) groups excluding carboxylic acids is 4. The molecule has 0 aromatic carbocycles. The van der Waals surface area contributed by atoms with Crippen molar-refractivity contribution in [1.29, 1.82) is 0 Å². The molecule has 5 heterocycles. The average Bonchev–Trinajstić information content (AvgIpc) is 3.13. The van der Waals surface area contributed by atoms with Crippen LogP contribution in [0.5, 0.6) is 0 Å². The van der Waals surface area contributed by atoms with Gasteiger partial charge in [-0.3, -0.25) is 19.2 Å². The van der Waals surface area contributed by atoms with E-state index in [-0.39, 0.29) is 23.6 Å². The van der Waals surface area contributed by atoms with Crippen molar-refractivity contribution in [3.63, 3.8) is 0 Å². The Balaban J connectivity index is 1.57. The van der Waals surface area contributed by atoms with E-state index >= 15 is 0 Å². The molecule has 0 bridgehead atoms. The molecule has 0 spiro atoms. The predicted octanol–water partition coefficient (Wildman–Crippen LogP) is 6.57. The summed E-state index contributed by atoms with van der Waals surface area (Å²) in [4.78, 5) is 73.0. The number of hydrogen-bond acceptors (Lipinski definition) is 10. The third-order valence-electron chi connectivity index (χ3n) is 7.10. The number of nitrogens with zero attached hydrogens (tertiary/aromatic N) is 6. The van der Waals surface area contributed by atoms with Crippen LogP contribution >= 0.6 is 0 Å². The van der Waals surface area contributed by atoms with Gasteiger partial charge in [0.05, 0.1) is 22.8 Å². The van der Waals surface area contributed by atoms with Gasteiger partial charge in [-0.25, -0.2) is 29.9 Å². The highest BCUT2D eigenvalue weighted by Gasteiger charge is 2.09. The Morgan fingerprint density at radius 1 is 0.370 bits per heavy atom. The molecule has 5 rings (SSSR count). The fraction of sp³-hybridized carbons (Fsp3) is 0.100. The molecule has 270 valence electrons. The van der Waals surface area contributed by atoms with Gasteiger partial charge in [-0.2, -0.15) is 0 Å². The lowest BCUT2D eigenvalue weighted by molar-refractivity contribution is -0.115. The zero-order valence-electron chi connectivity index (χ0n) is 29.9. The van der Waals surface area contributed by atoms with E-state index in [0.717, 1.165) is 22.3 Å². The van der Waals surface area contributed by atoms with Gasteiger partial charge in [-0.15, -0.1) is 0 Å². The summed E-state index contributed by atoms with van der Waals surface area (Å²) in [7, 11) is 0. The number of amides is 4. The molecule has 14 nitrogen and oxygen atoms in total. The van der Waals surface area contributed by atoms with Crippen LogP contribution in [-0.4, -0.2) is 53.5 Å². The van der Waals surface area contributed by atoms with Gasteiger partial charge in [0.1, 0.15) is 23.3 Å². The molecule has 54 heavy (non-hydrogen) atoms. The molecule has 0 atom stereocenters. The van der Waals surface area contributed by atoms with Crippen molar-refractivity contribution in [2.24, 2.45) is 0 Å². The lowest BCUT2D eigenvalue weighted by Crippen LogP contribution is -2.07. The summed E-state index contributed by atoms with van der Waals surface area (Å²) in [6.07, 6.45) is 21.2. The first-order valence-corrected chi connectivity index (χ1v) is 16.6. The lowest BCUT2D eigenvalue weighted by atomic mass is 10.1. The van der Waals surface area contributed by atoms with Crippen LogP contribution < -0.4 is 21.3 Å². The standard InChI is InChI=1S/C40H36N10O4/c1-25(51)45-37-17-9-29(21-41-37)5-13-33-34(14-6-30-10-18-38(42-22-30)46-26(2)52)50-36(16-8-32-12-20-40(44-24-32)48-28(4)54)35(49-33)15-7-31-11-19-39(43-23-31)47-27(3)53/h5-24H,1-4H3,(H,41,45,51)(H,42,46,52)(H,43,47,53)(H,44,48,54). The smallest absolute Gasteiger partial charge is 0.222 e. The fourth-order valence-corrected chi connectivity index (χ4v) is 4.71. The van der Waals surface area contributed by atoms with E-state index in [1.165, 1.54) is 27.7 Å². The van der Waals surface area contributed by atoms with Gasteiger partial charge in [0.15, 0.2) is 0 Å². The lowest BCUT2D eigenvalue weighted by Gasteiger charge is -2.08. The van der Waals surface area contributed by atoms with Gasteiger partial charge in [-0.05, 0) is 95.1 Å². The van der Waals surface area contributed by atoms with Crippen LogP contribution in [0, 0.1) is 0 Å². The maximum absolute atomic E-state index is 11.4. The second-order valence-electron chi connectivity index (χ2n) is 11.7. The van der Waals surface area contributed by atoms with E-state index < -0.39 is 0 Å². The number of nitrogens with one attached hydrogen (secondary N) is 4. The van der Waals surface area contributed by atoms with E-state index in [4.69, 9.17) is 9.97 Å². The van der Waals surface area contributed by atoms with Gasteiger partial charge < -0.3 is 21.3 Å². The molecule has 0 radical (unpaired) electrons. The van der Waals surface area contributed by atoms with Gasteiger partial charge >= 0.3 is 0 Å². The highest BCUT2D eigenvalue weighted by Crippen LogP contribution is 2.21. The van der Waals surface area contributed by atoms with Gasteiger partial charge in [0.25, 0.3) is 0 Å². The molecule has 0 aliphatic heterocycles. The molecule has 4 amide bonds. The first kappa shape index (κ1) is 37.8. The zero-order chi connectivity index (χ0) is 38.5. The normalized spacial score (nSPS) is 11.3. The SMILES string of the molecule is CC(=O)Nc1ccc(C=Cc2nc(C=Cc3ccc(NC(C)=O)nc3)c(C=Cc3ccc(NC(C)=O)nc3)nc2C=Cc2ccc(NC(C)=O)nc2)cn1. The van der Waals surface area contributed by atoms with Crippen molar-refractivity contribution < 1.29 is 19.2 Å². The van der Waals surface area contributed by atoms with Crippen molar-refractivity contribution in [3.8, 4) is 0 Å². The Bertz CT molecular complexity index is 1940. The Labute approximate surface area is 311 Å². The van der Waals surface area contributed by atoms with Gasteiger partial charge in [0, 0.05) is 52.5 Å². The molecule has 5 aromatic heterocycles.